The molecule has 0 saturated heterocycles. The maximum atomic E-state index is 6.63. The van der Waals surface area contributed by atoms with E-state index in [0.29, 0.717) is 11.5 Å². The second-order valence-corrected chi connectivity index (χ2v) is 22.2. The third kappa shape index (κ3) is 3.83. The van der Waals surface area contributed by atoms with E-state index < -0.39 is 16.6 Å². The van der Waals surface area contributed by atoms with Crippen LogP contribution in [0, 0.1) is 34.5 Å². The molecule has 0 heterocycles. The fraction of sp³-hybridized carbons (Fsp3) is 0.846. The van der Waals surface area contributed by atoms with E-state index in [1.54, 1.807) is 0 Å². The van der Waals surface area contributed by atoms with Crippen LogP contribution in [0.15, 0.2) is 24.0 Å². The van der Waals surface area contributed by atoms with Gasteiger partial charge in [-0.05, 0) is 119 Å². The average Bonchev–Trinajstić information content (AvgIpc) is 2.90. The maximum Gasteiger partial charge on any atom is 0.241 e. The van der Waals surface area contributed by atoms with Gasteiger partial charge in [-0.1, -0.05) is 26.0 Å². The predicted molar refractivity (Wildman–Crippen MR) is 132 cm³/mol. The van der Waals surface area contributed by atoms with Crippen molar-refractivity contribution in [3.05, 3.63) is 24.0 Å². The first-order valence-corrected chi connectivity index (χ1v) is 19.3. The molecule has 3 fully saturated rings. The summed E-state index contributed by atoms with van der Waals surface area (Å²) >= 11 is 0. The van der Waals surface area contributed by atoms with Gasteiger partial charge >= 0.3 is 0 Å². The number of allylic oxidation sites excluding steroid dienone is 2. The lowest BCUT2D eigenvalue weighted by Crippen LogP contribution is -2.55. The third-order valence-electron chi connectivity index (χ3n) is 9.13. The number of fused-ring (bicyclic) bond motifs is 5. The van der Waals surface area contributed by atoms with Crippen LogP contribution in [0.2, 0.25) is 39.3 Å². The topological polar surface area (TPSA) is 18.5 Å². The Bertz CT molecular complexity index is 730. The average molecular weight is 447 g/mol. The summed E-state index contributed by atoms with van der Waals surface area (Å²) in [4.78, 5) is 0. The number of hydrogen-bond acceptors (Lipinski definition) is 2. The zero-order valence-electron chi connectivity index (χ0n) is 20.9. The van der Waals surface area contributed by atoms with Crippen molar-refractivity contribution < 1.29 is 8.85 Å². The number of rotatable bonds is 4. The van der Waals surface area contributed by atoms with Crippen LogP contribution in [0.1, 0.15) is 58.8 Å². The lowest BCUT2D eigenvalue weighted by Gasteiger charge is -2.61. The van der Waals surface area contributed by atoms with Crippen molar-refractivity contribution in [1.82, 2.24) is 0 Å². The molecule has 0 amide bonds. The summed E-state index contributed by atoms with van der Waals surface area (Å²) in [6.45, 7) is 23.8. The molecule has 4 aliphatic carbocycles. The Kier molecular flexibility index (Phi) is 5.60. The van der Waals surface area contributed by atoms with Gasteiger partial charge in [-0.15, -0.1) is 0 Å². The molecule has 0 N–H and O–H groups in total. The SMILES string of the molecule is C=C1CC(O[Si](C)(C)C)CC2CCC3C4CC=C(O[Si](C)(C)C)C4(C)CCC3C12C. The highest BCUT2D eigenvalue weighted by atomic mass is 28.4. The first kappa shape index (κ1) is 22.9. The van der Waals surface area contributed by atoms with Crippen molar-refractivity contribution in [3.63, 3.8) is 0 Å². The molecule has 0 aromatic carbocycles. The van der Waals surface area contributed by atoms with Gasteiger partial charge in [0.25, 0.3) is 0 Å². The summed E-state index contributed by atoms with van der Waals surface area (Å²) < 4.78 is 13.2. The van der Waals surface area contributed by atoms with Crippen LogP contribution in [0.3, 0.4) is 0 Å². The highest BCUT2D eigenvalue weighted by Crippen LogP contribution is 2.67. The Morgan fingerprint density at radius 3 is 2.30 bits per heavy atom. The van der Waals surface area contributed by atoms with Gasteiger partial charge in [0.2, 0.25) is 8.32 Å². The van der Waals surface area contributed by atoms with Gasteiger partial charge in [0.15, 0.2) is 8.32 Å². The van der Waals surface area contributed by atoms with Gasteiger partial charge in [0.1, 0.15) is 0 Å². The van der Waals surface area contributed by atoms with Crippen LogP contribution in [-0.2, 0) is 8.85 Å². The first-order valence-electron chi connectivity index (χ1n) is 12.5. The van der Waals surface area contributed by atoms with E-state index >= 15 is 0 Å². The smallest absolute Gasteiger partial charge is 0.241 e. The summed E-state index contributed by atoms with van der Waals surface area (Å²) in [6.07, 6.45) is 11.9. The molecule has 0 aromatic heterocycles. The molecule has 0 radical (unpaired) electrons. The minimum Gasteiger partial charge on any atom is -0.547 e. The van der Waals surface area contributed by atoms with Gasteiger partial charge in [-0.25, -0.2) is 0 Å². The Morgan fingerprint density at radius 1 is 0.967 bits per heavy atom. The Labute approximate surface area is 188 Å². The molecule has 0 aliphatic heterocycles. The molecule has 3 saturated carbocycles. The van der Waals surface area contributed by atoms with Crippen molar-refractivity contribution in [2.45, 2.75) is 104 Å². The van der Waals surface area contributed by atoms with Crippen LogP contribution in [0.25, 0.3) is 0 Å². The van der Waals surface area contributed by atoms with E-state index in [-0.39, 0.29) is 5.41 Å². The lowest BCUT2D eigenvalue weighted by atomic mass is 9.44. The molecular formula is C26H46O2Si2. The highest BCUT2D eigenvalue weighted by Gasteiger charge is 2.60. The normalized spacial score (nSPS) is 44.1. The summed E-state index contributed by atoms with van der Waals surface area (Å²) in [5, 5.41) is 0. The van der Waals surface area contributed by atoms with Crippen molar-refractivity contribution >= 4 is 16.6 Å². The Morgan fingerprint density at radius 2 is 1.67 bits per heavy atom. The maximum absolute atomic E-state index is 6.63. The largest absolute Gasteiger partial charge is 0.547 e. The summed E-state index contributed by atoms with van der Waals surface area (Å²) in [5.41, 5.74) is 2.08. The zero-order valence-corrected chi connectivity index (χ0v) is 22.9. The number of hydrogen-bond donors (Lipinski definition) is 0. The molecule has 4 aliphatic rings. The predicted octanol–water partition coefficient (Wildman–Crippen LogP) is 7.76. The summed E-state index contributed by atoms with van der Waals surface area (Å²) in [7, 11) is -3.07. The van der Waals surface area contributed by atoms with Crippen LogP contribution < -0.4 is 0 Å². The van der Waals surface area contributed by atoms with Gasteiger partial charge in [-0.3, -0.25) is 0 Å². The molecule has 0 aromatic rings. The lowest BCUT2D eigenvalue weighted by molar-refractivity contribution is -0.0916. The van der Waals surface area contributed by atoms with Crippen molar-refractivity contribution in [2.75, 3.05) is 0 Å². The van der Waals surface area contributed by atoms with E-state index in [9.17, 15) is 0 Å². The first-order chi connectivity index (χ1) is 13.7. The molecular weight excluding hydrogens is 400 g/mol. The molecule has 0 spiro atoms. The van der Waals surface area contributed by atoms with E-state index in [1.165, 1.54) is 49.9 Å². The minimum atomic E-state index is -1.56. The monoisotopic (exact) mass is 446 g/mol. The zero-order chi connectivity index (χ0) is 22.1. The second kappa shape index (κ2) is 7.35. The summed E-state index contributed by atoms with van der Waals surface area (Å²) in [5.74, 6) is 4.51. The standard InChI is InChI=1S/C26H46O2Si2/c1-18-16-20(27-29(4,5)6)17-19-10-11-21-22-12-13-24(28-30(7,8)9)25(22,2)15-14-23(21)26(18,19)3/h13,19-23H,1,10-12,14-17H2,2-9H3. The molecule has 0 bridgehead atoms. The quantitative estimate of drug-likeness (QED) is 0.324. The molecule has 4 heteroatoms. The van der Waals surface area contributed by atoms with Gasteiger partial charge < -0.3 is 8.85 Å². The van der Waals surface area contributed by atoms with Crippen LogP contribution in [0.5, 0.6) is 0 Å². The Balaban J connectivity index is 1.54. The molecule has 4 rings (SSSR count). The minimum absolute atomic E-state index is 0.268. The van der Waals surface area contributed by atoms with Gasteiger partial charge in [0.05, 0.1) is 5.76 Å². The Hall–Kier alpha value is -0.326. The van der Waals surface area contributed by atoms with E-state index in [2.05, 4.69) is 59.2 Å². The molecule has 7 unspecified atom stereocenters. The fourth-order valence-electron chi connectivity index (χ4n) is 7.85. The molecule has 7 atom stereocenters. The van der Waals surface area contributed by atoms with E-state index in [4.69, 9.17) is 15.4 Å². The van der Waals surface area contributed by atoms with Gasteiger partial charge in [-0.2, -0.15) is 0 Å². The van der Waals surface area contributed by atoms with Crippen molar-refractivity contribution in [3.8, 4) is 0 Å². The third-order valence-corrected chi connectivity index (χ3v) is 11.0. The van der Waals surface area contributed by atoms with Gasteiger partial charge in [0, 0.05) is 11.5 Å². The fourth-order valence-corrected chi connectivity index (χ4v) is 10.0. The molecule has 2 nitrogen and oxygen atoms in total. The molecule has 170 valence electrons. The van der Waals surface area contributed by atoms with E-state index in [1.807, 2.05) is 0 Å². The molecule has 30 heavy (non-hydrogen) atoms. The highest BCUT2D eigenvalue weighted by molar-refractivity contribution is 6.70. The van der Waals surface area contributed by atoms with Crippen LogP contribution >= 0.6 is 0 Å². The van der Waals surface area contributed by atoms with Crippen molar-refractivity contribution in [1.29, 1.82) is 0 Å². The van der Waals surface area contributed by atoms with Crippen LogP contribution in [-0.4, -0.2) is 22.7 Å². The summed E-state index contributed by atoms with van der Waals surface area (Å²) in [6, 6.07) is 0. The van der Waals surface area contributed by atoms with Crippen LogP contribution in [0.4, 0.5) is 0 Å². The second-order valence-electron chi connectivity index (χ2n) is 13.3. The van der Waals surface area contributed by atoms with Crippen molar-refractivity contribution in [2.24, 2.45) is 34.5 Å². The van der Waals surface area contributed by atoms with E-state index in [0.717, 1.165) is 30.1 Å².